The van der Waals surface area contributed by atoms with Gasteiger partial charge >= 0.3 is 0 Å². The van der Waals surface area contributed by atoms with E-state index in [1.165, 1.54) is 5.39 Å². The minimum atomic E-state index is 0.0514. The highest BCUT2D eigenvalue weighted by molar-refractivity contribution is 6.07. The fourth-order valence-corrected chi connectivity index (χ4v) is 3.93. The van der Waals surface area contributed by atoms with Crippen LogP contribution in [-0.2, 0) is 4.74 Å². The van der Waals surface area contributed by atoms with Gasteiger partial charge in [0.05, 0.1) is 18.7 Å². The molecular formula is C24H20N2O2. The monoisotopic (exact) mass is 368 g/mol. The molecule has 1 saturated heterocycles. The molecule has 2 heterocycles. The zero-order valence-electron chi connectivity index (χ0n) is 15.5. The first-order chi connectivity index (χ1) is 13.8. The molecule has 4 heteroatoms. The van der Waals surface area contributed by atoms with Crippen LogP contribution in [0.25, 0.3) is 32.8 Å². The van der Waals surface area contributed by atoms with Gasteiger partial charge in [-0.3, -0.25) is 9.78 Å². The number of nitrogens with zero attached hydrogens (tertiary/aromatic N) is 2. The summed E-state index contributed by atoms with van der Waals surface area (Å²) in [5, 5.41) is 3.31. The molecule has 0 saturated carbocycles. The van der Waals surface area contributed by atoms with Gasteiger partial charge in [0, 0.05) is 35.8 Å². The molecule has 5 rings (SSSR count). The van der Waals surface area contributed by atoms with Crippen molar-refractivity contribution in [1.29, 1.82) is 0 Å². The van der Waals surface area contributed by atoms with Gasteiger partial charge in [-0.05, 0) is 34.5 Å². The Bertz CT molecular complexity index is 1170. The number of amides is 1. The fraction of sp³-hybridized carbons (Fsp3) is 0.167. The average Bonchev–Trinajstić information content (AvgIpc) is 2.78. The molecule has 1 aliphatic heterocycles. The highest BCUT2D eigenvalue weighted by Gasteiger charge is 2.20. The van der Waals surface area contributed by atoms with E-state index < -0.39 is 0 Å². The summed E-state index contributed by atoms with van der Waals surface area (Å²) in [6.45, 7) is 2.45. The topological polar surface area (TPSA) is 42.4 Å². The van der Waals surface area contributed by atoms with E-state index in [0.717, 1.165) is 27.4 Å². The molecule has 4 nitrogen and oxygen atoms in total. The lowest BCUT2D eigenvalue weighted by atomic mass is 9.94. The van der Waals surface area contributed by atoms with Gasteiger partial charge in [-0.2, -0.15) is 0 Å². The van der Waals surface area contributed by atoms with Gasteiger partial charge < -0.3 is 9.64 Å². The number of fused-ring (bicyclic) bond motifs is 2. The Hall–Kier alpha value is -3.24. The van der Waals surface area contributed by atoms with Gasteiger partial charge in [0.25, 0.3) is 5.91 Å². The minimum Gasteiger partial charge on any atom is -0.378 e. The molecule has 0 N–H and O–H groups in total. The van der Waals surface area contributed by atoms with E-state index in [-0.39, 0.29) is 5.91 Å². The van der Waals surface area contributed by atoms with Crippen molar-refractivity contribution >= 4 is 27.6 Å². The van der Waals surface area contributed by atoms with Crippen LogP contribution in [0.3, 0.4) is 0 Å². The van der Waals surface area contributed by atoms with Crippen molar-refractivity contribution in [1.82, 2.24) is 9.88 Å². The van der Waals surface area contributed by atoms with Crippen LogP contribution < -0.4 is 0 Å². The van der Waals surface area contributed by atoms with Crippen LogP contribution in [0.15, 0.2) is 72.9 Å². The normalized spacial score (nSPS) is 14.5. The molecule has 4 aromatic rings. The molecule has 1 amide bonds. The Morgan fingerprint density at radius 2 is 1.64 bits per heavy atom. The quantitative estimate of drug-likeness (QED) is 0.522. The lowest BCUT2D eigenvalue weighted by Crippen LogP contribution is -2.40. The largest absolute Gasteiger partial charge is 0.378 e. The van der Waals surface area contributed by atoms with Gasteiger partial charge in [0.2, 0.25) is 0 Å². The predicted molar refractivity (Wildman–Crippen MR) is 111 cm³/mol. The second-order valence-electron chi connectivity index (χ2n) is 7.03. The summed E-state index contributed by atoms with van der Waals surface area (Å²) in [4.78, 5) is 19.6. The molecule has 3 aromatic carbocycles. The van der Waals surface area contributed by atoms with Crippen molar-refractivity contribution in [3.8, 4) is 11.1 Å². The van der Waals surface area contributed by atoms with Crippen molar-refractivity contribution in [2.24, 2.45) is 0 Å². The third-order valence-corrected chi connectivity index (χ3v) is 5.33. The predicted octanol–water partition coefficient (Wildman–Crippen LogP) is 4.53. The van der Waals surface area contributed by atoms with Crippen molar-refractivity contribution < 1.29 is 9.53 Å². The molecule has 0 aliphatic carbocycles. The number of hydrogen-bond donors (Lipinski definition) is 0. The van der Waals surface area contributed by atoms with Crippen LogP contribution in [0, 0.1) is 0 Å². The lowest BCUT2D eigenvalue weighted by molar-refractivity contribution is 0.0303. The highest BCUT2D eigenvalue weighted by atomic mass is 16.5. The van der Waals surface area contributed by atoms with Crippen molar-refractivity contribution in [3.63, 3.8) is 0 Å². The van der Waals surface area contributed by atoms with E-state index in [4.69, 9.17) is 4.74 Å². The van der Waals surface area contributed by atoms with E-state index in [9.17, 15) is 4.79 Å². The smallest absolute Gasteiger partial charge is 0.254 e. The zero-order chi connectivity index (χ0) is 18.9. The molecule has 0 bridgehead atoms. The summed E-state index contributed by atoms with van der Waals surface area (Å²) in [6.07, 6.45) is 1.81. The molecule has 0 unspecified atom stereocenters. The summed E-state index contributed by atoms with van der Waals surface area (Å²) in [5.41, 5.74) is 3.70. The maximum atomic E-state index is 13.1. The molecule has 1 aromatic heterocycles. The number of rotatable bonds is 2. The Labute approximate surface area is 163 Å². The lowest BCUT2D eigenvalue weighted by Gasteiger charge is -2.27. The standard InChI is InChI=1S/C24H20N2O2/c27-24(26-11-13-28-14-12-26)19-15-18-7-4-10-25-23(18)22(16-19)21-9-3-6-17-5-1-2-8-20(17)21/h1-10,15-16H,11-14H2. The molecule has 1 fully saturated rings. The summed E-state index contributed by atoms with van der Waals surface area (Å²) >= 11 is 0. The van der Waals surface area contributed by atoms with Crippen LogP contribution >= 0.6 is 0 Å². The number of benzene rings is 3. The van der Waals surface area contributed by atoms with Gasteiger partial charge in [-0.15, -0.1) is 0 Å². The Balaban J connectivity index is 1.72. The fourth-order valence-electron chi connectivity index (χ4n) is 3.93. The second kappa shape index (κ2) is 7.06. The maximum Gasteiger partial charge on any atom is 0.254 e. The van der Waals surface area contributed by atoms with E-state index in [1.807, 2.05) is 41.3 Å². The number of morpholine rings is 1. The van der Waals surface area contributed by atoms with Crippen LogP contribution in [0.1, 0.15) is 10.4 Å². The van der Waals surface area contributed by atoms with E-state index in [0.29, 0.717) is 31.9 Å². The van der Waals surface area contributed by atoms with Gasteiger partial charge in [-0.1, -0.05) is 48.5 Å². The SMILES string of the molecule is O=C(c1cc(-c2cccc3ccccc23)c2ncccc2c1)N1CCOCC1. The van der Waals surface area contributed by atoms with Crippen molar-refractivity contribution in [3.05, 3.63) is 78.5 Å². The zero-order valence-corrected chi connectivity index (χ0v) is 15.5. The van der Waals surface area contributed by atoms with E-state index in [2.05, 4.69) is 35.3 Å². The Kier molecular flexibility index (Phi) is 4.26. The summed E-state index contributed by atoms with van der Waals surface area (Å²) in [7, 11) is 0. The third kappa shape index (κ3) is 2.92. The highest BCUT2D eigenvalue weighted by Crippen LogP contribution is 2.34. The first kappa shape index (κ1) is 16.9. The first-order valence-electron chi connectivity index (χ1n) is 9.55. The Morgan fingerprint density at radius 1 is 0.857 bits per heavy atom. The van der Waals surface area contributed by atoms with Crippen molar-refractivity contribution in [2.45, 2.75) is 0 Å². The molecule has 28 heavy (non-hydrogen) atoms. The molecule has 138 valence electrons. The van der Waals surface area contributed by atoms with Crippen LogP contribution in [0.5, 0.6) is 0 Å². The number of ether oxygens (including phenoxy) is 1. The molecule has 0 radical (unpaired) electrons. The minimum absolute atomic E-state index is 0.0514. The summed E-state index contributed by atoms with van der Waals surface area (Å²) < 4.78 is 5.39. The molecule has 1 aliphatic rings. The van der Waals surface area contributed by atoms with Crippen LogP contribution in [-0.4, -0.2) is 42.1 Å². The van der Waals surface area contributed by atoms with Crippen molar-refractivity contribution in [2.75, 3.05) is 26.3 Å². The summed E-state index contributed by atoms with van der Waals surface area (Å²) in [5.74, 6) is 0.0514. The average molecular weight is 368 g/mol. The summed E-state index contributed by atoms with van der Waals surface area (Å²) in [6, 6.07) is 22.5. The second-order valence-corrected chi connectivity index (χ2v) is 7.03. The van der Waals surface area contributed by atoms with Gasteiger partial charge in [0.15, 0.2) is 0 Å². The first-order valence-corrected chi connectivity index (χ1v) is 9.55. The van der Waals surface area contributed by atoms with E-state index in [1.54, 1.807) is 6.20 Å². The third-order valence-electron chi connectivity index (χ3n) is 5.33. The molecular weight excluding hydrogens is 348 g/mol. The Morgan fingerprint density at radius 3 is 2.54 bits per heavy atom. The molecule has 0 spiro atoms. The number of carbonyl (C=O) groups is 1. The number of aromatic nitrogens is 1. The van der Waals surface area contributed by atoms with Crippen LogP contribution in [0.4, 0.5) is 0 Å². The number of hydrogen-bond acceptors (Lipinski definition) is 3. The van der Waals surface area contributed by atoms with Crippen LogP contribution in [0.2, 0.25) is 0 Å². The van der Waals surface area contributed by atoms with Gasteiger partial charge in [0.1, 0.15) is 0 Å². The van der Waals surface area contributed by atoms with E-state index >= 15 is 0 Å². The van der Waals surface area contributed by atoms with Gasteiger partial charge in [-0.25, -0.2) is 0 Å². The molecule has 0 atom stereocenters. The maximum absolute atomic E-state index is 13.1. The number of pyridine rings is 1. The number of carbonyl (C=O) groups excluding carboxylic acids is 1.